The molecule has 0 radical (unpaired) electrons. The van der Waals surface area contributed by atoms with Gasteiger partial charge in [0.1, 0.15) is 35.4 Å². The van der Waals surface area contributed by atoms with Crippen molar-refractivity contribution in [3.05, 3.63) is 58.8 Å². The molecule has 5 atom stereocenters. The van der Waals surface area contributed by atoms with Crippen LogP contribution in [0.25, 0.3) is 22.3 Å². The van der Waals surface area contributed by atoms with Gasteiger partial charge in [-0.2, -0.15) is 0 Å². The van der Waals surface area contributed by atoms with Crippen LogP contribution in [-0.4, -0.2) is 71.4 Å². The Bertz CT molecular complexity index is 1190. The van der Waals surface area contributed by atoms with Crippen LogP contribution in [0.5, 0.6) is 11.5 Å². The van der Waals surface area contributed by atoms with Crippen LogP contribution in [0.15, 0.2) is 57.7 Å². The molecule has 11 heteroatoms. The number of hydrogen-bond acceptors (Lipinski definition) is 9. The van der Waals surface area contributed by atoms with E-state index in [0.717, 1.165) is 0 Å². The van der Waals surface area contributed by atoms with Crippen molar-refractivity contribution in [2.75, 3.05) is 0 Å². The van der Waals surface area contributed by atoms with E-state index in [1.54, 1.807) is 24.3 Å². The Morgan fingerprint density at radius 2 is 1.66 bits per heavy atom. The first-order valence-electron chi connectivity index (χ1n) is 9.68. The molecule has 0 amide bonds. The lowest BCUT2D eigenvalue weighted by molar-refractivity contribution is -0.212. The molecular formula is C21H20O10Si. The largest absolute Gasteiger partial charge is 0.541 e. The summed E-state index contributed by atoms with van der Waals surface area (Å²) in [5, 5.41) is 49.1. The number of carbonyl (C=O) groups is 1. The maximum Gasteiger partial charge on any atom is 0.335 e. The minimum absolute atomic E-state index is 0.0136. The third kappa shape index (κ3) is 3.99. The highest BCUT2D eigenvalue weighted by Crippen LogP contribution is 2.32. The number of fused-ring (bicyclic) bond motifs is 1. The SMILES string of the molecule is O=C(O)C1OC([SiH2]Oc2c(-c3ccc(O)cc3)oc3ccccc3c2=O)C(O)C(O)C1O. The van der Waals surface area contributed by atoms with Gasteiger partial charge in [-0.1, -0.05) is 12.1 Å². The van der Waals surface area contributed by atoms with Gasteiger partial charge in [-0.25, -0.2) is 4.79 Å². The molecule has 1 saturated heterocycles. The molecule has 0 saturated carbocycles. The monoisotopic (exact) mass is 460 g/mol. The molecule has 1 fully saturated rings. The number of phenols is 1. The normalized spacial score (nSPS) is 25.9. The van der Waals surface area contributed by atoms with Crippen molar-refractivity contribution in [2.24, 2.45) is 0 Å². The van der Waals surface area contributed by atoms with E-state index in [1.807, 2.05) is 0 Å². The predicted molar refractivity (Wildman–Crippen MR) is 113 cm³/mol. The Morgan fingerprint density at radius 1 is 0.969 bits per heavy atom. The summed E-state index contributed by atoms with van der Waals surface area (Å²) in [5.41, 5.74) is -0.942. The fourth-order valence-corrected chi connectivity index (χ4v) is 4.87. The summed E-state index contributed by atoms with van der Waals surface area (Å²) in [6.07, 6.45) is -6.92. The molecule has 5 N–H and O–H groups in total. The van der Waals surface area contributed by atoms with Gasteiger partial charge in [-0.05, 0) is 36.4 Å². The summed E-state index contributed by atoms with van der Waals surface area (Å²) in [6.45, 7) is 0. The smallest absolute Gasteiger partial charge is 0.335 e. The first kappa shape index (κ1) is 22.0. The van der Waals surface area contributed by atoms with Crippen LogP contribution in [0.3, 0.4) is 0 Å². The van der Waals surface area contributed by atoms with E-state index in [9.17, 15) is 35.1 Å². The Morgan fingerprint density at radius 3 is 2.34 bits per heavy atom. The maximum atomic E-state index is 13.1. The van der Waals surface area contributed by atoms with Crippen molar-refractivity contribution in [3.8, 4) is 22.8 Å². The first-order valence-corrected chi connectivity index (χ1v) is 11.1. The molecule has 4 rings (SSSR count). The van der Waals surface area contributed by atoms with Crippen LogP contribution >= 0.6 is 0 Å². The van der Waals surface area contributed by atoms with Gasteiger partial charge >= 0.3 is 5.97 Å². The molecule has 5 unspecified atom stereocenters. The van der Waals surface area contributed by atoms with Crippen LogP contribution in [0.4, 0.5) is 0 Å². The topological polar surface area (TPSA) is 167 Å². The minimum atomic E-state index is -2.04. The van der Waals surface area contributed by atoms with Gasteiger partial charge in [0, 0.05) is 5.56 Å². The second kappa shape index (κ2) is 8.73. The van der Waals surface area contributed by atoms with Gasteiger partial charge < -0.3 is 39.1 Å². The number of hydrogen-bond donors (Lipinski definition) is 5. The number of carboxylic acids is 1. The van der Waals surface area contributed by atoms with Crippen molar-refractivity contribution in [1.82, 2.24) is 0 Å². The molecule has 1 aliphatic rings. The Labute approximate surface area is 182 Å². The van der Waals surface area contributed by atoms with E-state index in [1.165, 1.54) is 24.3 Å². The number of aliphatic hydroxyl groups excluding tert-OH is 3. The van der Waals surface area contributed by atoms with E-state index in [-0.39, 0.29) is 22.6 Å². The summed E-state index contributed by atoms with van der Waals surface area (Å²) in [7, 11) is -2.04. The van der Waals surface area contributed by atoms with Gasteiger partial charge in [0.15, 0.2) is 17.6 Å². The van der Waals surface area contributed by atoms with Crippen LogP contribution in [0.1, 0.15) is 0 Å². The molecule has 1 aliphatic heterocycles. The highest BCUT2D eigenvalue weighted by molar-refractivity contribution is 6.31. The van der Waals surface area contributed by atoms with Crippen molar-refractivity contribution in [2.45, 2.75) is 30.1 Å². The van der Waals surface area contributed by atoms with Crippen molar-refractivity contribution >= 4 is 26.7 Å². The fourth-order valence-electron chi connectivity index (χ4n) is 3.52. The van der Waals surface area contributed by atoms with Gasteiger partial charge in [0.2, 0.25) is 5.43 Å². The standard InChI is InChI=1S/C21H20O10Si/c22-10-7-5-9(6-8-10)17-18(13(23)11-3-1-2-4-12(11)29-17)31-32-21-16(26)14(24)15(25)19(30-21)20(27)28/h1-8,14-16,19,21-22,24-26H,32H2,(H,27,28). The second-order valence-corrected chi connectivity index (χ2v) is 8.78. The van der Waals surface area contributed by atoms with E-state index in [0.29, 0.717) is 11.1 Å². The highest BCUT2D eigenvalue weighted by atomic mass is 28.2. The average Bonchev–Trinajstić information content (AvgIpc) is 2.78. The second-order valence-electron chi connectivity index (χ2n) is 7.35. The molecular weight excluding hydrogens is 440 g/mol. The van der Waals surface area contributed by atoms with Crippen molar-refractivity contribution < 1.29 is 43.9 Å². The molecule has 2 heterocycles. The number of phenolic OH excluding ortho intramolecular Hbond substituents is 1. The number of aromatic hydroxyl groups is 1. The molecule has 10 nitrogen and oxygen atoms in total. The van der Waals surface area contributed by atoms with Gasteiger partial charge in [-0.3, -0.25) is 4.79 Å². The number of rotatable bonds is 5. The van der Waals surface area contributed by atoms with Crippen LogP contribution in [-0.2, 0) is 9.53 Å². The van der Waals surface area contributed by atoms with E-state index >= 15 is 0 Å². The quantitative estimate of drug-likeness (QED) is 0.314. The molecule has 1 aromatic heterocycles. The zero-order chi connectivity index (χ0) is 23.0. The van der Waals surface area contributed by atoms with E-state index in [2.05, 4.69) is 0 Å². The van der Waals surface area contributed by atoms with E-state index < -0.39 is 51.3 Å². The summed E-state index contributed by atoms with van der Waals surface area (Å²) < 4.78 is 16.9. The number of benzene rings is 2. The summed E-state index contributed by atoms with van der Waals surface area (Å²) in [5.74, 6) is -1.57. The maximum absolute atomic E-state index is 13.1. The molecule has 0 aliphatic carbocycles. The number of aliphatic hydroxyl groups is 3. The Hall–Kier alpha value is -3.22. The molecule has 168 valence electrons. The van der Waals surface area contributed by atoms with Crippen LogP contribution < -0.4 is 9.85 Å². The molecule has 32 heavy (non-hydrogen) atoms. The first-order chi connectivity index (χ1) is 15.3. The third-order valence-electron chi connectivity index (χ3n) is 5.23. The molecule has 0 spiro atoms. The predicted octanol–water partition coefficient (Wildman–Crippen LogP) is -0.480. The number of ether oxygens (including phenoxy) is 1. The zero-order valence-electron chi connectivity index (χ0n) is 16.5. The van der Waals surface area contributed by atoms with Crippen molar-refractivity contribution in [3.63, 3.8) is 0 Å². The zero-order valence-corrected chi connectivity index (χ0v) is 17.9. The summed E-state index contributed by atoms with van der Waals surface area (Å²) in [4.78, 5) is 24.4. The number of aliphatic carboxylic acids is 1. The highest BCUT2D eigenvalue weighted by Gasteiger charge is 2.47. The lowest BCUT2D eigenvalue weighted by Crippen LogP contribution is -2.61. The minimum Gasteiger partial charge on any atom is -0.541 e. The Kier molecular flexibility index (Phi) is 6.00. The van der Waals surface area contributed by atoms with Gasteiger partial charge in [-0.15, -0.1) is 0 Å². The molecule has 3 aromatic rings. The molecule has 2 aromatic carbocycles. The van der Waals surface area contributed by atoms with Crippen LogP contribution in [0, 0.1) is 0 Å². The molecule has 0 bridgehead atoms. The summed E-state index contributed by atoms with van der Waals surface area (Å²) in [6, 6.07) is 12.4. The summed E-state index contributed by atoms with van der Waals surface area (Å²) >= 11 is 0. The number of para-hydroxylation sites is 1. The van der Waals surface area contributed by atoms with Gasteiger partial charge in [0.05, 0.1) is 5.39 Å². The lowest BCUT2D eigenvalue weighted by Gasteiger charge is -2.38. The Balaban J connectivity index is 1.71. The third-order valence-corrected chi connectivity index (χ3v) is 6.69. The van der Waals surface area contributed by atoms with Crippen molar-refractivity contribution in [1.29, 1.82) is 0 Å². The number of carboxylic acid groups (broad SMARTS) is 1. The van der Waals surface area contributed by atoms with Gasteiger partial charge in [0.25, 0.3) is 9.76 Å². The average molecular weight is 460 g/mol. The van der Waals surface area contributed by atoms with E-state index in [4.69, 9.17) is 13.6 Å². The van der Waals surface area contributed by atoms with Crippen LogP contribution in [0.2, 0.25) is 0 Å². The lowest BCUT2D eigenvalue weighted by atomic mass is 10.00. The fraction of sp³-hybridized carbons (Fsp3) is 0.238.